The third kappa shape index (κ3) is 1.64. The van der Waals surface area contributed by atoms with E-state index in [2.05, 4.69) is 6.42 Å². The van der Waals surface area contributed by atoms with Gasteiger partial charge in [-0.05, 0) is 64.2 Å². The van der Waals surface area contributed by atoms with Crippen LogP contribution in [0.2, 0.25) is 0 Å². The summed E-state index contributed by atoms with van der Waals surface area (Å²) in [5, 5.41) is 0. The molecule has 0 bridgehead atoms. The molecule has 0 aromatic heterocycles. The van der Waals surface area contributed by atoms with Gasteiger partial charge in [0.1, 0.15) is 28.0 Å². The molecule has 6 aliphatic rings. The van der Waals surface area contributed by atoms with E-state index in [1.54, 1.807) is 0 Å². The lowest BCUT2D eigenvalue weighted by atomic mass is 9.47. The minimum absolute atomic E-state index is 0.393. The van der Waals surface area contributed by atoms with Crippen molar-refractivity contribution in [2.45, 2.75) is 92.2 Å². The highest BCUT2D eigenvalue weighted by atomic mass is 16.6. The quantitative estimate of drug-likeness (QED) is 0.662. The zero-order valence-corrected chi connectivity index (χ0v) is 15.7. The number of ether oxygens (including phenoxy) is 5. The Balaban J connectivity index is 1.61. The van der Waals surface area contributed by atoms with Crippen LogP contribution >= 0.6 is 0 Å². The predicted molar refractivity (Wildman–Crippen MR) is 93.9 cm³/mol. The van der Waals surface area contributed by atoms with Gasteiger partial charge < -0.3 is 23.7 Å². The zero-order chi connectivity index (χ0) is 17.3. The summed E-state index contributed by atoms with van der Waals surface area (Å²) < 4.78 is 33.5. The fourth-order valence-corrected chi connectivity index (χ4v) is 7.67. The van der Waals surface area contributed by atoms with E-state index < -0.39 is 28.0 Å². The van der Waals surface area contributed by atoms with Crippen LogP contribution in [-0.4, -0.2) is 61.0 Å². The van der Waals surface area contributed by atoms with Gasteiger partial charge >= 0.3 is 0 Å². The molecule has 5 saturated heterocycles. The molecule has 0 aromatic rings. The maximum Gasteiger partial charge on any atom is 0.132 e. The van der Waals surface area contributed by atoms with Crippen molar-refractivity contribution in [3.63, 3.8) is 0 Å². The van der Waals surface area contributed by atoms with E-state index >= 15 is 0 Å². The first-order chi connectivity index (χ1) is 12.7. The van der Waals surface area contributed by atoms with Crippen molar-refractivity contribution in [2.24, 2.45) is 0 Å². The SMILES string of the molecule is [CH]1[C@@]2(CCCO2)[C@]2(CCCO2)C2(CCCO2)[C@]2(CCCO2)[C@@]12CCCO2. The third-order valence-corrected chi connectivity index (χ3v) is 8.31. The Morgan fingerprint density at radius 1 is 0.423 bits per heavy atom. The largest absolute Gasteiger partial charge is 0.371 e. The lowest BCUT2D eigenvalue weighted by Crippen LogP contribution is -2.85. The lowest BCUT2D eigenvalue weighted by molar-refractivity contribution is -0.359. The second-order valence-corrected chi connectivity index (χ2v) is 9.16. The molecule has 1 radical (unpaired) electrons. The summed E-state index contributed by atoms with van der Waals surface area (Å²) in [5.41, 5.74) is -2.08. The van der Waals surface area contributed by atoms with E-state index in [-0.39, 0.29) is 0 Å². The molecule has 5 nitrogen and oxygen atoms in total. The average Bonchev–Trinajstić information content (AvgIpc) is 3.44. The molecule has 5 heterocycles. The molecule has 0 N–H and O–H groups in total. The molecule has 6 rings (SSSR count). The van der Waals surface area contributed by atoms with E-state index in [4.69, 9.17) is 23.7 Å². The second kappa shape index (κ2) is 5.44. The Morgan fingerprint density at radius 2 is 0.808 bits per heavy atom. The van der Waals surface area contributed by atoms with Gasteiger partial charge in [0.15, 0.2) is 0 Å². The third-order valence-electron chi connectivity index (χ3n) is 8.31. The van der Waals surface area contributed by atoms with E-state index in [1.807, 2.05) is 0 Å². The van der Waals surface area contributed by atoms with Crippen molar-refractivity contribution in [2.75, 3.05) is 33.0 Å². The number of fused-ring (bicyclic) bond motifs is 4. The Hall–Kier alpha value is -0.200. The molecule has 1 unspecified atom stereocenters. The second-order valence-electron chi connectivity index (χ2n) is 9.16. The van der Waals surface area contributed by atoms with Gasteiger partial charge in [0.05, 0.1) is 0 Å². The molecule has 145 valence electrons. The molecule has 6 fully saturated rings. The highest BCUT2D eigenvalue weighted by Gasteiger charge is 2.85. The van der Waals surface area contributed by atoms with Crippen molar-refractivity contribution in [1.82, 2.24) is 0 Å². The van der Waals surface area contributed by atoms with E-state index in [9.17, 15) is 0 Å². The van der Waals surface area contributed by atoms with Gasteiger partial charge in [-0.1, -0.05) is 0 Å². The van der Waals surface area contributed by atoms with Crippen molar-refractivity contribution < 1.29 is 23.7 Å². The molecule has 5 spiro atoms. The van der Waals surface area contributed by atoms with E-state index in [1.165, 1.54) is 0 Å². The van der Waals surface area contributed by atoms with Crippen LogP contribution in [0.1, 0.15) is 64.2 Å². The van der Waals surface area contributed by atoms with Crippen molar-refractivity contribution in [1.29, 1.82) is 0 Å². The first-order valence-corrected chi connectivity index (χ1v) is 10.8. The summed E-state index contributed by atoms with van der Waals surface area (Å²) in [4.78, 5) is 0. The Labute approximate surface area is 156 Å². The van der Waals surface area contributed by atoms with Gasteiger partial charge in [-0.15, -0.1) is 0 Å². The van der Waals surface area contributed by atoms with Crippen LogP contribution in [0.3, 0.4) is 0 Å². The van der Waals surface area contributed by atoms with Crippen LogP contribution < -0.4 is 0 Å². The topological polar surface area (TPSA) is 46.2 Å². The number of hydrogen-bond acceptors (Lipinski definition) is 5. The first-order valence-electron chi connectivity index (χ1n) is 10.8. The minimum Gasteiger partial charge on any atom is -0.371 e. The summed E-state index contributed by atoms with van der Waals surface area (Å²) in [6, 6.07) is 0. The number of rotatable bonds is 0. The van der Waals surface area contributed by atoms with Crippen LogP contribution in [0.5, 0.6) is 0 Å². The van der Waals surface area contributed by atoms with Gasteiger partial charge in [-0.2, -0.15) is 0 Å². The van der Waals surface area contributed by atoms with Crippen LogP contribution in [0.15, 0.2) is 0 Å². The summed E-state index contributed by atoms with van der Waals surface area (Å²) in [7, 11) is 0. The van der Waals surface area contributed by atoms with E-state index in [0.29, 0.717) is 0 Å². The summed E-state index contributed by atoms with van der Waals surface area (Å²) in [5.74, 6) is 0. The normalized spacial score (nSPS) is 56.3. The Kier molecular flexibility index (Phi) is 3.50. The Bertz CT molecular complexity index is 513. The van der Waals surface area contributed by atoms with Gasteiger partial charge in [-0.25, -0.2) is 0 Å². The summed E-state index contributed by atoms with van der Waals surface area (Å²) in [6.45, 7) is 4.01. The van der Waals surface area contributed by atoms with Crippen LogP contribution in [0.4, 0.5) is 0 Å². The summed E-state index contributed by atoms with van der Waals surface area (Å²) in [6.07, 6.45) is 12.9. The van der Waals surface area contributed by atoms with Gasteiger partial charge in [-0.3, -0.25) is 0 Å². The standard InChI is InChI=1S/C21H31O5/c1-6-17(22-11-1)16-18(7-2-12-23-18)20(9-4-14-25-20)21(10-5-15-26-21)19(17)8-3-13-24-19/h16H,1-15H2/t17-,18+,19+,20-,21?. The molecule has 26 heavy (non-hydrogen) atoms. The fourth-order valence-electron chi connectivity index (χ4n) is 7.67. The van der Waals surface area contributed by atoms with Crippen LogP contribution in [-0.2, 0) is 23.7 Å². The van der Waals surface area contributed by atoms with Crippen LogP contribution in [0, 0.1) is 6.42 Å². The zero-order valence-electron chi connectivity index (χ0n) is 15.7. The highest BCUT2D eigenvalue weighted by Crippen LogP contribution is 2.70. The smallest absolute Gasteiger partial charge is 0.132 e. The maximum absolute atomic E-state index is 6.80. The molecule has 1 saturated carbocycles. The maximum atomic E-state index is 6.80. The predicted octanol–water partition coefficient (Wildman–Crippen LogP) is 2.95. The molecule has 1 aliphatic carbocycles. The molecule has 5 aliphatic heterocycles. The fraction of sp³-hybridized carbons (Fsp3) is 0.952. The molecule has 5 atom stereocenters. The van der Waals surface area contributed by atoms with Crippen LogP contribution in [0.25, 0.3) is 0 Å². The lowest BCUT2D eigenvalue weighted by Gasteiger charge is -2.69. The van der Waals surface area contributed by atoms with Gasteiger partial charge in [0.25, 0.3) is 0 Å². The molecular formula is C21H31O5. The average molecular weight is 363 g/mol. The van der Waals surface area contributed by atoms with Crippen molar-refractivity contribution in [3.8, 4) is 0 Å². The van der Waals surface area contributed by atoms with Crippen molar-refractivity contribution in [3.05, 3.63) is 6.42 Å². The first kappa shape index (κ1) is 16.7. The van der Waals surface area contributed by atoms with Gasteiger partial charge in [0, 0.05) is 39.5 Å². The molecule has 5 heteroatoms. The molecule has 0 aromatic carbocycles. The number of hydrogen-bond donors (Lipinski definition) is 0. The van der Waals surface area contributed by atoms with E-state index in [0.717, 1.165) is 97.2 Å². The van der Waals surface area contributed by atoms with Gasteiger partial charge in [0.2, 0.25) is 0 Å². The van der Waals surface area contributed by atoms with Crippen molar-refractivity contribution >= 4 is 0 Å². The minimum atomic E-state index is -0.448. The Morgan fingerprint density at radius 3 is 1.15 bits per heavy atom. The highest BCUT2D eigenvalue weighted by molar-refractivity contribution is 5.41. The molecular weight excluding hydrogens is 332 g/mol. The molecule has 0 amide bonds. The summed E-state index contributed by atoms with van der Waals surface area (Å²) >= 11 is 0. The monoisotopic (exact) mass is 363 g/mol.